The average molecular weight is 990 g/mol. The van der Waals surface area contributed by atoms with Gasteiger partial charge in [0.15, 0.2) is 6.10 Å². The Bertz CT molecular complexity index is 1370. The van der Waals surface area contributed by atoms with Crippen LogP contribution in [-0.4, -0.2) is 37.2 Å². The molecule has 6 nitrogen and oxygen atoms in total. The Morgan fingerprint density at radius 1 is 0.296 bits per heavy atom. The van der Waals surface area contributed by atoms with Gasteiger partial charge in [0, 0.05) is 19.3 Å². The van der Waals surface area contributed by atoms with Crippen LogP contribution in [0.2, 0.25) is 0 Å². The summed E-state index contributed by atoms with van der Waals surface area (Å²) in [4.78, 5) is 38.2. The van der Waals surface area contributed by atoms with Crippen molar-refractivity contribution in [3.05, 3.63) is 85.1 Å². The van der Waals surface area contributed by atoms with E-state index in [1.165, 1.54) is 180 Å². The lowest BCUT2D eigenvalue weighted by atomic mass is 10.1. The zero-order valence-electron chi connectivity index (χ0n) is 46.7. The van der Waals surface area contributed by atoms with Gasteiger partial charge in [-0.25, -0.2) is 0 Å². The van der Waals surface area contributed by atoms with Gasteiger partial charge in [0.1, 0.15) is 13.2 Å². The van der Waals surface area contributed by atoms with Gasteiger partial charge in [-0.3, -0.25) is 14.4 Å². The molecule has 1 unspecified atom stereocenters. The lowest BCUT2D eigenvalue weighted by Crippen LogP contribution is -2.30. The van der Waals surface area contributed by atoms with Gasteiger partial charge in [0.2, 0.25) is 0 Å². The van der Waals surface area contributed by atoms with Crippen molar-refractivity contribution in [2.24, 2.45) is 0 Å². The van der Waals surface area contributed by atoms with E-state index in [1.807, 2.05) is 42.5 Å². The van der Waals surface area contributed by atoms with Crippen LogP contribution in [0.3, 0.4) is 0 Å². The summed E-state index contributed by atoms with van der Waals surface area (Å²) in [6, 6.07) is 0. The van der Waals surface area contributed by atoms with Crippen LogP contribution in [0.1, 0.15) is 290 Å². The normalized spacial score (nSPS) is 12.7. The second-order valence-electron chi connectivity index (χ2n) is 20.0. The molecule has 0 aliphatic heterocycles. The SMILES string of the molecule is CC\C=C/C=C\C=C/C=C\C=C/CCCCCC(=O)OCC(COC(=O)CCCCCCCCC/C=C\CCCCCCCCCC)OC(=O)CCCCCCCCC/C=C\CCCCCCCCCC. The molecule has 408 valence electrons. The minimum Gasteiger partial charge on any atom is -0.462 e. The summed E-state index contributed by atoms with van der Waals surface area (Å²) in [5, 5.41) is 0. The first-order valence-electron chi connectivity index (χ1n) is 30.2. The number of hydrogen-bond acceptors (Lipinski definition) is 6. The third-order valence-corrected chi connectivity index (χ3v) is 13.0. The smallest absolute Gasteiger partial charge is 0.306 e. The molecule has 0 N–H and O–H groups in total. The van der Waals surface area contributed by atoms with Gasteiger partial charge < -0.3 is 14.2 Å². The molecule has 0 amide bonds. The fraction of sp³-hybridized carbons (Fsp3) is 0.738. The Hall–Kier alpha value is -3.41. The number of ether oxygens (including phenoxy) is 3. The lowest BCUT2D eigenvalue weighted by molar-refractivity contribution is -0.167. The summed E-state index contributed by atoms with van der Waals surface area (Å²) in [7, 11) is 0. The monoisotopic (exact) mass is 989 g/mol. The molecule has 0 bridgehead atoms. The first-order valence-corrected chi connectivity index (χ1v) is 30.2. The van der Waals surface area contributed by atoms with E-state index < -0.39 is 6.10 Å². The summed E-state index contributed by atoms with van der Waals surface area (Å²) in [5.41, 5.74) is 0. The molecule has 71 heavy (non-hydrogen) atoms. The molecule has 0 fully saturated rings. The molecule has 0 heterocycles. The summed E-state index contributed by atoms with van der Waals surface area (Å²) < 4.78 is 16.9. The summed E-state index contributed by atoms with van der Waals surface area (Å²) >= 11 is 0. The zero-order valence-corrected chi connectivity index (χ0v) is 46.7. The van der Waals surface area contributed by atoms with Gasteiger partial charge in [-0.15, -0.1) is 0 Å². The molecule has 0 saturated heterocycles. The van der Waals surface area contributed by atoms with Gasteiger partial charge in [0.05, 0.1) is 0 Å². The van der Waals surface area contributed by atoms with Gasteiger partial charge in [-0.2, -0.15) is 0 Å². The lowest BCUT2D eigenvalue weighted by Gasteiger charge is -2.18. The van der Waals surface area contributed by atoms with Crippen LogP contribution in [-0.2, 0) is 28.6 Å². The molecule has 0 spiro atoms. The quantitative estimate of drug-likeness (QED) is 0.0199. The maximum atomic E-state index is 12.9. The summed E-state index contributed by atoms with van der Waals surface area (Å²) in [6.07, 6.45) is 77.2. The van der Waals surface area contributed by atoms with Crippen LogP contribution in [0, 0.1) is 0 Å². The fourth-order valence-corrected chi connectivity index (χ4v) is 8.45. The van der Waals surface area contributed by atoms with Gasteiger partial charge >= 0.3 is 17.9 Å². The molecule has 0 aliphatic rings. The predicted octanol–water partition coefficient (Wildman–Crippen LogP) is 20.3. The van der Waals surface area contributed by atoms with Crippen molar-refractivity contribution >= 4 is 17.9 Å². The Morgan fingerprint density at radius 3 is 0.915 bits per heavy atom. The van der Waals surface area contributed by atoms with Gasteiger partial charge in [-0.1, -0.05) is 266 Å². The third-order valence-electron chi connectivity index (χ3n) is 13.0. The molecule has 1 atom stereocenters. The Labute approximate surface area is 439 Å². The predicted molar refractivity (Wildman–Crippen MR) is 307 cm³/mol. The molecule has 0 aromatic carbocycles. The van der Waals surface area contributed by atoms with E-state index in [1.54, 1.807) is 0 Å². The molecule has 0 radical (unpaired) electrons. The van der Waals surface area contributed by atoms with Crippen LogP contribution in [0.25, 0.3) is 0 Å². The third kappa shape index (κ3) is 57.4. The number of rotatable bonds is 54. The minimum atomic E-state index is -0.799. The van der Waals surface area contributed by atoms with Crippen molar-refractivity contribution in [1.29, 1.82) is 0 Å². The van der Waals surface area contributed by atoms with Gasteiger partial charge in [0.25, 0.3) is 0 Å². The van der Waals surface area contributed by atoms with Crippen LogP contribution in [0.15, 0.2) is 85.1 Å². The minimum absolute atomic E-state index is 0.0939. The van der Waals surface area contributed by atoms with Crippen molar-refractivity contribution in [3.8, 4) is 0 Å². The van der Waals surface area contributed by atoms with Crippen molar-refractivity contribution in [2.45, 2.75) is 297 Å². The largest absolute Gasteiger partial charge is 0.462 e. The van der Waals surface area contributed by atoms with Crippen molar-refractivity contribution in [2.75, 3.05) is 13.2 Å². The van der Waals surface area contributed by atoms with E-state index in [2.05, 4.69) is 63.3 Å². The number of esters is 3. The van der Waals surface area contributed by atoms with Crippen molar-refractivity contribution in [1.82, 2.24) is 0 Å². The highest BCUT2D eigenvalue weighted by atomic mass is 16.6. The van der Waals surface area contributed by atoms with Crippen LogP contribution >= 0.6 is 0 Å². The number of hydrogen-bond donors (Lipinski definition) is 0. The van der Waals surface area contributed by atoms with E-state index >= 15 is 0 Å². The maximum Gasteiger partial charge on any atom is 0.306 e. The summed E-state index contributed by atoms with van der Waals surface area (Å²) in [6.45, 7) is 6.48. The fourth-order valence-electron chi connectivity index (χ4n) is 8.45. The molecule has 0 aromatic rings. The van der Waals surface area contributed by atoms with Crippen molar-refractivity contribution in [3.63, 3.8) is 0 Å². The van der Waals surface area contributed by atoms with Crippen LogP contribution in [0.4, 0.5) is 0 Å². The number of carbonyl (C=O) groups is 3. The van der Waals surface area contributed by atoms with E-state index in [-0.39, 0.29) is 31.1 Å². The Balaban J connectivity index is 4.43. The average Bonchev–Trinajstić information content (AvgIpc) is 3.37. The molecular weight excluding hydrogens is 877 g/mol. The topological polar surface area (TPSA) is 78.9 Å². The van der Waals surface area contributed by atoms with E-state index in [0.717, 1.165) is 70.6 Å². The first kappa shape index (κ1) is 67.6. The second-order valence-corrected chi connectivity index (χ2v) is 20.0. The maximum absolute atomic E-state index is 12.9. The van der Waals surface area contributed by atoms with Crippen LogP contribution in [0.5, 0.6) is 0 Å². The van der Waals surface area contributed by atoms with E-state index in [4.69, 9.17) is 14.2 Å². The number of carbonyl (C=O) groups excluding carboxylic acids is 3. The first-order chi connectivity index (χ1) is 35.0. The second kappa shape index (κ2) is 59.2. The van der Waals surface area contributed by atoms with Crippen LogP contribution < -0.4 is 0 Å². The highest BCUT2D eigenvalue weighted by molar-refractivity contribution is 5.71. The molecule has 0 aliphatic carbocycles. The number of allylic oxidation sites excluding steroid dienone is 14. The highest BCUT2D eigenvalue weighted by Crippen LogP contribution is 2.16. The van der Waals surface area contributed by atoms with E-state index in [0.29, 0.717) is 19.3 Å². The number of unbranched alkanes of at least 4 members (excludes halogenated alkanes) is 33. The Kier molecular flexibility index (Phi) is 56.3. The molecule has 6 heteroatoms. The van der Waals surface area contributed by atoms with Crippen molar-refractivity contribution < 1.29 is 28.6 Å². The zero-order chi connectivity index (χ0) is 51.4. The van der Waals surface area contributed by atoms with E-state index in [9.17, 15) is 14.4 Å². The molecule has 0 aromatic heterocycles. The molecule has 0 saturated carbocycles. The standard InChI is InChI=1S/C65H112O6/c1-4-7-10-13-16-19-22-25-28-30-32-34-37-40-43-46-49-52-55-58-64(67)70-61-62(60-69-63(66)57-54-51-48-45-42-39-36-27-24-21-18-15-12-9-6-3)71-65(68)59-56-53-50-47-44-41-38-35-33-31-29-26-23-20-17-14-11-8-5-2/h9,12,15,18,21,24,27,30-33,36,39,42,62H,4-8,10-11,13-14,16-17,19-20,22-23,25-26,28-29,34-35,37-38,40-41,43-61H2,1-3H3/b12-9-,18-15-,24-21-,32-30-,33-31-,36-27-,42-39-. The molecular formula is C65H112O6. The molecule has 0 rings (SSSR count). The Morgan fingerprint density at radius 2 is 0.563 bits per heavy atom. The van der Waals surface area contributed by atoms with Gasteiger partial charge in [-0.05, 0) is 89.9 Å². The highest BCUT2D eigenvalue weighted by Gasteiger charge is 2.19. The summed E-state index contributed by atoms with van der Waals surface area (Å²) in [5.74, 6) is -0.937.